The van der Waals surface area contributed by atoms with Gasteiger partial charge in [0.2, 0.25) is 0 Å². The molecular weight excluding hydrogens is 779 g/mol. The molecule has 2 bridgehead atoms. The maximum Gasteiger partial charge on any atom is 0.340 e. The van der Waals surface area contributed by atoms with Crippen molar-refractivity contribution in [2.75, 3.05) is 13.1 Å². The monoisotopic (exact) mass is 839 g/mol. The molecule has 0 aliphatic carbocycles. The molecule has 62 heavy (non-hydrogen) atoms. The van der Waals surface area contributed by atoms with Crippen molar-refractivity contribution in [2.24, 2.45) is 5.92 Å². The summed E-state index contributed by atoms with van der Waals surface area (Å²) in [6.45, 7) is 12.5. The number of ether oxygens (including phenoxy) is 3. The van der Waals surface area contributed by atoms with Crippen molar-refractivity contribution in [1.82, 2.24) is 5.32 Å². The number of hydrogen-bond donors (Lipinski definition) is 2. The summed E-state index contributed by atoms with van der Waals surface area (Å²) in [7, 11) is 0. The van der Waals surface area contributed by atoms with E-state index in [9.17, 15) is 19.5 Å². The smallest absolute Gasteiger partial charge is 0.340 e. The Morgan fingerprint density at radius 1 is 0.855 bits per heavy atom. The van der Waals surface area contributed by atoms with Gasteiger partial charge in [-0.05, 0) is 143 Å². The fourth-order valence-corrected chi connectivity index (χ4v) is 9.18. The van der Waals surface area contributed by atoms with E-state index in [1.807, 2.05) is 33.8 Å². The fourth-order valence-electron chi connectivity index (χ4n) is 9.18. The summed E-state index contributed by atoms with van der Waals surface area (Å²) in [5.74, 6) is -0.942. The normalized spacial score (nSPS) is 19.5. The van der Waals surface area contributed by atoms with Crippen molar-refractivity contribution in [3.63, 3.8) is 0 Å². The summed E-state index contributed by atoms with van der Waals surface area (Å²) in [5, 5.41) is 14.6. The Bertz CT molecular complexity index is 2460. The van der Waals surface area contributed by atoms with Crippen LogP contribution in [0.3, 0.4) is 0 Å². The molecule has 0 radical (unpaired) electrons. The third-order valence-electron chi connectivity index (χ3n) is 12.6. The van der Waals surface area contributed by atoms with Crippen LogP contribution < -0.4 is 15.7 Å². The Labute approximate surface area is 365 Å². The van der Waals surface area contributed by atoms with E-state index < -0.39 is 42.0 Å². The van der Waals surface area contributed by atoms with Crippen LogP contribution in [0, 0.1) is 5.92 Å². The molecule has 4 atom stereocenters. The predicted octanol–water partition coefficient (Wildman–Crippen LogP) is 9.81. The van der Waals surface area contributed by atoms with Crippen LogP contribution in [-0.4, -0.2) is 41.8 Å². The number of allylic oxidation sites excluding steroid dienone is 1. The van der Waals surface area contributed by atoms with Crippen molar-refractivity contribution in [2.45, 2.75) is 123 Å². The molecule has 1 aromatic heterocycles. The lowest BCUT2D eigenvalue weighted by atomic mass is 9.85. The summed E-state index contributed by atoms with van der Waals surface area (Å²) >= 11 is 0. The number of fused-ring (bicyclic) bond motifs is 13. The van der Waals surface area contributed by atoms with E-state index in [1.165, 1.54) is 16.7 Å². The first-order valence-corrected chi connectivity index (χ1v) is 22.2. The first-order chi connectivity index (χ1) is 29.8. The second-order valence-electron chi connectivity index (χ2n) is 17.9. The van der Waals surface area contributed by atoms with Crippen LogP contribution in [0.15, 0.2) is 111 Å². The topological polar surface area (TPSA) is 124 Å². The average Bonchev–Trinajstić information content (AvgIpc) is 3.24. The van der Waals surface area contributed by atoms with E-state index >= 15 is 0 Å². The molecule has 326 valence electrons. The van der Waals surface area contributed by atoms with Gasteiger partial charge in [-0.1, -0.05) is 98.3 Å². The van der Waals surface area contributed by atoms with E-state index in [0.29, 0.717) is 65.6 Å². The van der Waals surface area contributed by atoms with E-state index in [4.69, 9.17) is 18.6 Å². The van der Waals surface area contributed by atoms with Crippen LogP contribution in [0.2, 0.25) is 0 Å². The summed E-state index contributed by atoms with van der Waals surface area (Å²) in [4.78, 5) is 42.9. The maximum atomic E-state index is 14.6. The molecule has 0 amide bonds. The van der Waals surface area contributed by atoms with Gasteiger partial charge in [0.1, 0.15) is 16.9 Å². The minimum absolute atomic E-state index is 0.0812. The number of hydrogen-bond acceptors (Lipinski definition) is 9. The number of carbonyl (C=O) groups is 2. The van der Waals surface area contributed by atoms with Crippen molar-refractivity contribution in [3.8, 4) is 5.75 Å². The zero-order chi connectivity index (χ0) is 44.0. The molecule has 2 N–H and O–H groups in total. The van der Waals surface area contributed by atoms with Crippen LogP contribution in [-0.2, 0) is 51.4 Å². The Morgan fingerprint density at radius 3 is 2.31 bits per heavy atom. The molecule has 5 aromatic rings. The van der Waals surface area contributed by atoms with Gasteiger partial charge in [0.05, 0.1) is 12.2 Å². The Kier molecular flexibility index (Phi) is 14.1. The number of aliphatic hydroxyl groups is 1. The van der Waals surface area contributed by atoms with Crippen molar-refractivity contribution >= 4 is 22.9 Å². The Balaban J connectivity index is 1.28. The Morgan fingerprint density at radius 2 is 1.58 bits per heavy atom. The number of benzene rings is 4. The first-order valence-electron chi connectivity index (χ1n) is 22.2. The second kappa shape index (κ2) is 19.7. The largest absolute Gasteiger partial charge is 0.483 e. The molecule has 8 rings (SSSR count). The van der Waals surface area contributed by atoms with Gasteiger partial charge in [-0.25, -0.2) is 9.59 Å². The van der Waals surface area contributed by atoms with Gasteiger partial charge >= 0.3 is 17.6 Å². The van der Waals surface area contributed by atoms with Crippen LogP contribution in [0.5, 0.6) is 5.75 Å². The molecule has 4 unspecified atom stereocenters. The number of rotatable bonds is 11. The molecule has 9 heteroatoms. The highest BCUT2D eigenvalue weighted by atomic mass is 16.6. The van der Waals surface area contributed by atoms with E-state index in [0.717, 1.165) is 42.5 Å². The van der Waals surface area contributed by atoms with E-state index in [-0.39, 0.29) is 23.8 Å². The quantitative estimate of drug-likeness (QED) is 0.0579. The zero-order valence-electron chi connectivity index (χ0n) is 37.1. The molecule has 3 aliphatic rings. The minimum atomic E-state index is -1.19. The van der Waals surface area contributed by atoms with E-state index in [1.54, 1.807) is 26.0 Å². The summed E-state index contributed by atoms with van der Waals surface area (Å²) < 4.78 is 25.8. The summed E-state index contributed by atoms with van der Waals surface area (Å²) in [6, 6.07) is 31.1. The highest BCUT2D eigenvalue weighted by Crippen LogP contribution is 2.48. The van der Waals surface area contributed by atoms with Crippen molar-refractivity contribution < 1.29 is 33.3 Å². The number of carbonyl (C=O) groups excluding carboxylic acids is 2. The lowest BCUT2D eigenvalue weighted by molar-refractivity contribution is -0.188. The third-order valence-corrected chi connectivity index (χ3v) is 12.6. The second-order valence-corrected chi connectivity index (χ2v) is 17.9. The first kappa shape index (κ1) is 44.5. The maximum absolute atomic E-state index is 14.6. The minimum Gasteiger partial charge on any atom is -0.483 e. The van der Waals surface area contributed by atoms with Crippen LogP contribution >= 0.6 is 0 Å². The average molecular weight is 840 g/mol. The number of esters is 2. The molecule has 9 nitrogen and oxygen atoms in total. The van der Waals surface area contributed by atoms with Gasteiger partial charge in [0, 0.05) is 22.9 Å². The zero-order valence-corrected chi connectivity index (χ0v) is 37.1. The van der Waals surface area contributed by atoms with Gasteiger partial charge < -0.3 is 29.1 Å². The van der Waals surface area contributed by atoms with E-state index in [2.05, 4.69) is 78.1 Å². The highest BCUT2D eigenvalue weighted by molar-refractivity contribution is 5.90. The highest BCUT2D eigenvalue weighted by Gasteiger charge is 2.50. The SMILES string of the molecule is CCNCCC(C)c1c(CO)c2ccc3c(c2oc1=O)C1OC(=O)CC(CCc2cccc(Cc4ccccc4)c2)Cc2ccc(cc2)CCC(=C(C)C)C(=O)OC1C(C)(C)O3. The van der Waals surface area contributed by atoms with Crippen LogP contribution in [0.25, 0.3) is 11.0 Å². The van der Waals surface area contributed by atoms with Gasteiger partial charge in [0.15, 0.2) is 12.2 Å². The molecular formula is C53H61NO8. The van der Waals surface area contributed by atoms with Crippen LogP contribution in [0.4, 0.5) is 0 Å². The lowest BCUT2D eigenvalue weighted by Gasteiger charge is -2.43. The number of aliphatic hydroxyl groups excluding tert-OH is 1. The molecule has 4 heterocycles. The summed E-state index contributed by atoms with van der Waals surface area (Å²) in [6.07, 6.45) is 2.54. The molecule has 3 aliphatic heterocycles. The van der Waals surface area contributed by atoms with Crippen molar-refractivity contribution in [1.29, 1.82) is 0 Å². The van der Waals surface area contributed by atoms with Crippen molar-refractivity contribution in [3.05, 3.63) is 157 Å². The molecule has 0 fully saturated rings. The number of aryl methyl sites for hydroxylation is 2. The third kappa shape index (κ3) is 10.2. The molecule has 4 aromatic carbocycles. The lowest BCUT2D eigenvalue weighted by Crippen LogP contribution is -2.52. The standard InChI is InChI=1S/C53H61NO8/c1-7-54-27-26-34(4)46-43(32-55)42-24-25-44-47(48(42)60-52(46)58)49-50(53(5,6)62-44)61-51(57)41(33(2)3)23-22-35-16-18-38(19-17-35)30-40(31-45(56)59-49)21-20-37-14-11-15-39(29-37)28-36-12-9-8-10-13-36/h8-19,24-25,29,34,40,49-50,54-55H,7,20-23,26-28,30-32H2,1-6H3. The van der Waals surface area contributed by atoms with Gasteiger partial charge in [0.25, 0.3) is 0 Å². The summed E-state index contributed by atoms with van der Waals surface area (Å²) in [5.41, 5.74) is 6.80. The molecule has 0 spiro atoms. The predicted molar refractivity (Wildman–Crippen MR) is 242 cm³/mol. The van der Waals surface area contributed by atoms with Crippen LogP contribution in [0.1, 0.15) is 124 Å². The number of nitrogens with one attached hydrogen (secondary N) is 1. The Hall–Kier alpha value is -5.51. The van der Waals surface area contributed by atoms with Gasteiger partial charge in [-0.2, -0.15) is 0 Å². The fraction of sp³-hybridized carbons (Fsp3) is 0.415. The molecule has 0 saturated heterocycles. The molecule has 0 saturated carbocycles. The van der Waals surface area contributed by atoms with Gasteiger partial charge in [-0.15, -0.1) is 0 Å². The van der Waals surface area contributed by atoms with Gasteiger partial charge in [-0.3, -0.25) is 4.79 Å².